The van der Waals surface area contributed by atoms with Gasteiger partial charge in [0.2, 0.25) is 0 Å². The van der Waals surface area contributed by atoms with Crippen LogP contribution in [0.1, 0.15) is 55.6 Å². The number of carbonyl (C=O) groups is 1. The third-order valence-corrected chi connectivity index (χ3v) is 4.31. The van der Waals surface area contributed by atoms with Crippen LogP contribution in [0.15, 0.2) is 36.4 Å². The van der Waals surface area contributed by atoms with Crippen molar-refractivity contribution in [2.24, 2.45) is 5.92 Å². The van der Waals surface area contributed by atoms with E-state index in [0.29, 0.717) is 5.92 Å². The molecule has 0 saturated heterocycles. The molecular formula is C18H21NO. The Morgan fingerprint density at radius 1 is 1.15 bits per heavy atom. The summed E-state index contributed by atoms with van der Waals surface area (Å²) in [6.45, 7) is 0. The van der Waals surface area contributed by atoms with Gasteiger partial charge in [-0.2, -0.15) is 5.26 Å². The lowest BCUT2D eigenvalue weighted by Gasteiger charge is -2.28. The first-order valence-corrected chi connectivity index (χ1v) is 7.44. The maximum Gasteiger partial charge on any atom is 0.142 e. The second kappa shape index (κ2) is 7.65. The van der Waals surface area contributed by atoms with E-state index in [1.807, 2.05) is 18.2 Å². The normalized spacial score (nSPS) is 22.6. The van der Waals surface area contributed by atoms with Gasteiger partial charge in [-0.15, -0.1) is 0 Å². The van der Waals surface area contributed by atoms with E-state index in [2.05, 4.69) is 18.2 Å². The van der Waals surface area contributed by atoms with Gasteiger partial charge in [-0.05, 0) is 74.1 Å². The maximum absolute atomic E-state index is 10.2. The van der Waals surface area contributed by atoms with E-state index in [-0.39, 0.29) is 0 Å². The predicted octanol–water partition coefficient (Wildman–Crippen LogP) is 4.37. The highest BCUT2D eigenvalue weighted by Gasteiger charge is 2.21. The number of nitrogens with zero attached hydrogens (tertiary/aromatic N) is 1. The Hall–Kier alpha value is -1.88. The molecule has 0 amide bonds. The highest BCUT2D eigenvalue weighted by molar-refractivity contribution is 5.64. The van der Waals surface area contributed by atoms with Gasteiger partial charge in [-0.1, -0.05) is 18.2 Å². The van der Waals surface area contributed by atoms with Crippen molar-refractivity contribution in [2.45, 2.75) is 44.4 Å². The summed E-state index contributed by atoms with van der Waals surface area (Å²) in [4.78, 5) is 10.2. The molecule has 2 heteroatoms. The van der Waals surface area contributed by atoms with Crippen molar-refractivity contribution in [3.63, 3.8) is 0 Å². The van der Waals surface area contributed by atoms with E-state index in [9.17, 15) is 4.79 Å². The summed E-state index contributed by atoms with van der Waals surface area (Å²) >= 11 is 0. The van der Waals surface area contributed by atoms with Crippen LogP contribution in [0.5, 0.6) is 0 Å². The number of benzene rings is 1. The van der Waals surface area contributed by atoms with Crippen molar-refractivity contribution in [1.82, 2.24) is 0 Å². The standard InChI is InChI=1S/C18H21NO/c19-14-16-7-11-18(12-8-16)17-9-5-15(6-10-17)4-2-1-3-13-20/h1,3,7-8,11-13,15,17H,2,4-6,9-10H2/b3-1+. The third kappa shape index (κ3) is 4.06. The molecule has 1 aromatic rings. The molecule has 0 radical (unpaired) electrons. The van der Waals surface area contributed by atoms with Crippen LogP contribution < -0.4 is 0 Å². The fourth-order valence-corrected chi connectivity index (χ4v) is 3.10. The van der Waals surface area contributed by atoms with Gasteiger partial charge in [0.1, 0.15) is 6.29 Å². The summed E-state index contributed by atoms with van der Waals surface area (Å²) in [6, 6.07) is 10.2. The molecular weight excluding hydrogens is 246 g/mol. The minimum Gasteiger partial charge on any atom is -0.299 e. The van der Waals surface area contributed by atoms with Gasteiger partial charge in [0.15, 0.2) is 0 Å². The number of hydrogen-bond donors (Lipinski definition) is 0. The van der Waals surface area contributed by atoms with Crippen LogP contribution in [0.2, 0.25) is 0 Å². The summed E-state index contributed by atoms with van der Waals surface area (Å²) in [7, 11) is 0. The SMILES string of the molecule is N#Cc1ccc(C2CCC(CC/C=C/C=O)CC2)cc1. The second-order valence-electron chi connectivity index (χ2n) is 5.59. The molecule has 0 bridgehead atoms. The summed E-state index contributed by atoms with van der Waals surface area (Å²) in [5.41, 5.74) is 2.12. The van der Waals surface area contributed by atoms with Crippen molar-refractivity contribution in [3.05, 3.63) is 47.5 Å². The average molecular weight is 267 g/mol. The summed E-state index contributed by atoms with van der Waals surface area (Å²) in [5, 5.41) is 8.82. The highest BCUT2D eigenvalue weighted by atomic mass is 16.1. The molecule has 1 fully saturated rings. The number of hydrogen-bond acceptors (Lipinski definition) is 2. The van der Waals surface area contributed by atoms with Crippen LogP contribution in [-0.4, -0.2) is 6.29 Å². The number of allylic oxidation sites excluding steroid dienone is 2. The molecule has 1 aromatic carbocycles. The second-order valence-corrected chi connectivity index (χ2v) is 5.59. The lowest BCUT2D eigenvalue weighted by molar-refractivity contribution is -0.104. The van der Waals surface area contributed by atoms with Crippen LogP contribution in [0.25, 0.3) is 0 Å². The molecule has 0 spiro atoms. The van der Waals surface area contributed by atoms with E-state index in [1.54, 1.807) is 6.08 Å². The Labute approximate surface area is 121 Å². The molecule has 0 heterocycles. The smallest absolute Gasteiger partial charge is 0.142 e. The lowest BCUT2D eigenvalue weighted by atomic mass is 9.77. The van der Waals surface area contributed by atoms with Crippen LogP contribution in [0.4, 0.5) is 0 Å². The molecule has 0 N–H and O–H groups in total. The molecule has 2 nitrogen and oxygen atoms in total. The summed E-state index contributed by atoms with van der Waals surface area (Å²) < 4.78 is 0. The molecule has 2 rings (SSSR count). The number of rotatable bonds is 5. The molecule has 0 atom stereocenters. The largest absolute Gasteiger partial charge is 0.299 e. The van der Waals surface area contributed by atoms with Gasteiger partial charge in [0.25, 0.3) is 0 Å². The fourth-order valence-electron chi connectivity index (χ4n) is 3.10. The summed E-state index contributed by atoms with van der Waals surface area (Å²) in [5.74, 6) is 1.46. The molecule has 0 aliphatic heterocycles. The number of carbonyl (C=O) groups excluding carboxylic acids is 1. The number of aldehydes is 1. The van der Waals surface area contributed by atoms with Gasteiger partial charge < -0.3 is 0 Å². The Morgan fingerprint density at radius 3 is 2.45 bits per heavy atom. The van der Waals surface area contributed by atoms with Crippen LogP contribution in [-0.2, 0) is 4.79 Å². The quantitative estimate of drug-likeness (QED) is 0.587. The molecule has 1 aliphatic rings. The van der Waals surface area contributed by atoms with Gasteiger partial charge in [-0.3, -0.25) is 4.79 Å². The van der Waals surface area contributed by atoms with Crippen molar-refractivity contribution >= 4 is 6.29 Å². The van der Waals surface area contributed by atoms with Crippen molar-refractivity contribution in [1.29, 1.82) is 5.26 Å². The predicted molar refractivity (Wildman–Crippen MR) is 80.3 cm³/mol. The van der Waals surface area contributed by atoms with E-state index in [1.165, 1.54) is 37.7 Å². The Balaban J connectivity index is 1.80. The van der Waals surface area contributed by atoms with Crippen molar-refractivity contribution in [2.75, 3.05) is 0 Å². The van der Waals surface area contributed by atoms with E-state index < -0.39 is 0 Å². The van der Waals surface area contributed by atoms with E-state index in [0.717, 1.165) is 24.2 Å². The molecule has 104 valence electrons. The topological polar surface area (TPSA) is 40.9 Å². The summed E-state index contributed by atoms with van der Waals surface area (Å²) in [6.07, 6.45) is 11.7. The first-order valence-electron chi connectivity index (χ1n) is 7.44. The third-order valence-electron chi connectivity index (χ3n) is 4.31. The van der Waals surface area contributed by atoms with Crippen LogP contribution >= 0.6 is 0 Å². The highest BCUT2D eigenvalue weighted by Crippen LogP contribution is 2.37. The van der Waals surface area contributed by atoms with Gasteiger partial charge in [-0.25, -0.2) is 0 Å². The first-order chi connectivity index (χ1) is 9.83. The van der Waals surface area contributed by atoms with Gasteiger partial charge in [0.05, 0.1) is 11.6 Å². The maximum atomic E-state index is 10.2. The Bertz CT molecular complexity index is 487. The Kier molecular flexibility index (Phi) is 5.55. The molecule has 0 aromatic heterocycles. The zero-order valence-corrected chi connectivity index (χ0v) is 11.8. The first kappa shape index (κ1) is 14.5. The van der Waals surface area contributed by atoms with Crippen molar-refractivity contribution in [3.8, 4) is 6.07 Å². The van der Waals surface area contributed by atoms with Crippen LogP contribution in [0, 0.1) is 17.2 Å². The van der Waals surface area contributed by atoms with E-state index >= 15 is 0 Å². The fraction of sp³-hybridized carbons (Fsp3) is 0.444. The van der Waals surface area contributed by atoms with Crippen LogP contribution in [0.3, 0.4) is 0 Å². The molecule has 1 saturated carbocycles. The lowest BCUT2D eigenvalue weighted by Crippen LogP contribution is -2.13. The zero-order valence-electron chi connectivity index (χ0n) is 11.8. The molecule has 1 aliphatic carbocycles. The zero-order chi connectivity index (χ0) is 14.2. The molecule has 0 unspecified atom stereocenters. The Morgan fingerprint density at radius 2 is 1.85 bits per heavy atom. The van der Waals surface area contributed by atoms with Crippen molar-refractivity contribution < 1.29 is 4.79 Å². The van der Waals surface area contributed by atoms with E-state index in [4.69, 9.17) is 5.26 Å². The average Bonchev–Trinajstić information content (AvgIpc) is 2.52. The number of nitriles is 1. The minimum absolute atomic E-state index is 0.657. The van der Waals surface area contributed by atoms with Gasteiger partial charge in [0, 0.05) is 0 Å². The monoisotopic (exact) mass is 267 g/mol. The van der Waals surface area contributed by atoms with Gasteiger partial charge >= 0.3 is 0 Å². The molecule has 20 heavy (non-hydrogen) atoms. The minimum atomic E-state index is 0.657.